The van der Waals surface area contributed by atoms with Gasteiger partial charge in [-0.1, -0.05) is 0 Å². The first-order valence-electron chi connectivity index (χ1n) is 3.85. The highest BCUT2D eigenvalue weighted by Crippen LogP contribution is 2.24. The van der Waals surface area contributed by atoms with Crippen molar-refractivity contribution in [2.75, 3.05) is 25.1 Å². The molecule has 0 aromatic heterocycles. The van der Waals surface area contributed by atoms with E-state index in [1.165, 1.54) is 12.3 Å². The second kappa shape index (κ2) is 5.98. The molecular formula is C7H11F3N2OS. The standard InChI is InChI=1S/C7H11F3N2OS/c1-14(13)3-2-12-5-6(4-11)7(8,9)10/h6,12H,2-3,5H2,1H3. The monoisotopic (exact) mass is 228 g/mol. The van der Waals surface area contributed by atoms with E-state index in [9.17, 15) is 17.4 Å². The number of halogens is 3. The fraction of sp³-hybridized carbons (Fsp3) is 0.857. The van der Waals surface area contributed by atoms with Crippen LogP contribution < -0.4 is 5.32 Å². The van der Waals surface area contributed by atoms with E-state index < -0.39 is 29.4 Å². The summed E-state index contributed by atoms with van der Waals surface area (Å²) in [6.45, 7) is -0.228. The van der Waals surface area contributed by atoms with Crippen LogP contribution in [0.1, 0.15) is 0 Å². The van der Waals surface area contributed by atoms with E-state index in [2.05, 4.69) is 5.32 Å². The van der Waals surface area contributed by atoms with Gasteiger partial charge < -0.3 is 5.32 Å². The SMILES string of the molecule is CS(=O)CCNCC(C#N)C(F)(F)F. The average Bonchev–Trinajstić information content (AvgIpc) is 2.01. The highest BCUT2D eigenvalue weighted by Gasteiger charge is 2.39. The summed E-state index contributed by atoms with van der Waals surface area (Å²) in [6.07, 6.45) is -3.03. The van der Waals surface area contributed by atoms with Crippen molar-refractivity contribution < 1.29 is 17.4 Å². The van der Waals surface area contributed by atoms with Crippen LogP contribution in [0.25, 0.3) is 0 Å². The number of hydrogen-bond donors (Lipinski definition) is 1. The highest BCUT2D eigenvalue weighted by molar-refractivity contribution is 7.84. The minimum absolute atomic E-state index is 0.220. The predicted octanol–water partition coefficient (Wildman–Crippen LogP) is 0.657. The van der Waals surface area contributed by atoms with Gasteiger partial charge in [-0.15, -0.1) is 0 Å². The molecule has 0 aliphatic rings. The molecule has 0 saturated heterocycles. The molecule has 0 rings (SSSR count). The Morgan fingerprint density at radius 1 is 1.57 bits per heavy atom. The van der Waals surface area contributed by atoms with Crippen molar-refractivity contribution in [1.29, 1.82) is 5.26 Å². The minimum atomic E-state index is -4.49. The molecule has 0 heterocycles. The van der Waals surface area contributed by atoms with Gasteiger partial charge in [-0.25, -0.2) is 0 Å². The van der Waals surface area contributed by atoms with E-state index in [0.29, 0.717) is 0 Å². The molecule has 0 aromatic carbocycles. The van der Waals surface area contributed by atoms with Crippen molar-refractivity contribution in [2.45, 2.75) is 6.18 Å². The van der Waals surface area contributed by atoms with Crippen molar-refractivity contribution in [3.63, 3.8) is 0 Å². The van der Waals surface area contributed by atoms with E-state index in [0.717, 1.165) is 0 Å². The van der Waals surface area contributed by atoms with Gasteiger partial charge in [0.2, 0.25) is 0 Å². The fourth-order valence-corrected chi connectivity index (χ4v) is 1.13. The number of rotatable bonds is 5. The smallest absolute Gasteiger partial charge is 0.314 e. The van der Waals surface area contributed by atoms with Crippen LogP contribution in [0.5, 0.6) is 0 Å². The molecule has 14 heavy (non-hydrogen) atoms. The highest BCUT2D eigenvalue weighted by atomic mass is 32.2. The van der Waals surface area contributed by atoms with Crippen LogP contribution in [0.15, 0.2) is 0 Å². The molecule has 2 unspecified atom stereocenters. The van der Waals surface area contributed by atoms with E-state index >= 15 is 0 Å². The first-order valence-corrected chi connectivity index (χ1v) is 5.57. The number of nitriles is 1. The Labute approximate surface area is 82.7 Å². The summed E-state index contributed by atoms with van der Waals surface area (Å²) >= 11 is 0. The molecule has 3 nitrogen and oxygen atoms in total. The summed E-state index contributed by atoms with van der Waals surface area (Å²) in [5, 5.41) is 10.6. The van der Waals surface area contributed by atoms with Gasteiger partial charge in [0.15, 0.2) is 5.92 Å². The van der Waals surface area contributed by atoms with E-state index in [1.54, 1.807) is 0 Å². The van der Waals surface area contributed by atoms with Crippen LogP contribution in [0.3, 0.4) is 0 Å². The zero-order valence-corrected chi connectivity index (χ0v) is 8.41. The Balaban J connectivity index is 3.77. The molecular weight excluding hydrogens is 217 g/mol. The van der Waals surface area contributed by atoms with E-state index in [4.69, 9.17) is 5.26 Å². The predicted molar refractivity (Wildman–Crippen MR) is 47.0 cm³/mol. The van der Waals surface area contributed by atoms with E-state index in [-0.39, 0.29) is 12.3 Å². The van der Waals surface area contributed by atoms with Crippen LogP contribution in [-0.2, 0) is 10.8 Å². The largest absolute Gasteiger partial charge is 0.405 e. The Morgan fingerprint density at radius 3 is 2.50 bits per heavy atom. The quantitative estimate of drug-likeness (QED) is 0.703. The number of hydrogen-bond acceptors (Lipinski definition) is 3. The first-order chi connectivity index (χ1) is 6.38. The molecule has 0 saturated carbocycles. The molecule has 0 radical (unpaired) electrons. The Morgan fingerprint density at radius 2 is 2.14 bits per heavy atom. The number of nitrogens with zero attached hydrogens (tertiary/aromatic N) is 1. The van der Waals surface area contributed by atoms with Crippen molar-refractivity contribution in [1.82, 2.24) is 5.32 Å². The van der Waals surface area contributed by atoms with Gasteiger partial charge in [-0.05, 0) is 0 Å². The van der Waals surface area contributed by atoms with Gasteiger partial charge >= 0.3 is 6.18 Å². The van der Waals surface area contributed by atoms with Gasteiger partial charge in [0, 0.05) is 35.9 Å². The van der Waals surface area contributed by atoms with Crippen molar-refractivity contribution in [3.8, 4) is 6.07 Å². The van der Waals surface area contributed by atoms with Crippen LogP contribution in [0, 0.1) is 17.2 Å². The Bertz CT molecular complexity index is 236. The molecule has 0 amide bonds. The van der Waals surface area contributed by atoms with Gasteiger partial charge in [0.25, 0.3) is 0 Å². The van der Waals surface area contributed by atoms with Gasteiger partial charge in [-0.2, -0.15) is 18.4 Å². The first kappa shape index (κ1) is 13.4. The van der Waals surface area contributed by atoms with Crippen LogP contribution in [0.4, 0.5) is 13.2 Å². The van der Waals surface area contributed by atoms with E-state index in [1.807, 2.05) is 0 Å². The summed E-state index contributed by atoms with van der Waals surface area (Å²) in [5.74, 6) is -1.71. The molecule has 1 N–H and O–H groups in total. The zero-order valence-electron chi connectivity index (χ0n) is 7.60. The molecule has 0 aromatic rings. The Kier molecular flexibility index (Phi) is 5.72. The third kappa shape index (κ3) is 5.94. The van der Waals surface area contributed by atoms with Crippen LogP contribution in [-0.4, -0.2) is 35.5 Å². The number of alkyl halides is 3. The lowest BCUT2D eigenvalue weighted by atomic mass is 10.1. The third-order valence-electron chi connectivity index (χ3n) is 1.47. The van der Waals surface area contributed by atoms with Crippen LogP contribution in [0.2, 0.25) is 0 Å². The molecule has 0 bridgehead atoms. The summed E-state index contributed by atoms with van der Waals surface area (Å²) in [6, 6.07) is 1.17. The zero-order chi connectivity index (χ0) is 11.2. The summed E-state index contributed by atoms with van der Waals surface area (Å²) < 4.78 is 46.5. The summed E-state index contributed by atoms with van der Waals surface area (Å²) in [5.41, 5.74) is 0. The normalized spacial score (nSPS) is 15.9. The molecule has 7 heteroatoms. The number of nitrogens with one attached hydrogen (secondary N) is 1. The Hall–Kier alpha value is -0.610. The summed E-state index contributed by atoms with van der Waals surface area (Å²) in [4.78, 5) is 0. The second-order valence-corrected chi connectivity index (χ2v) is 4.26. The average molecular weight is 228 g/mol. The molecule has 0 aliphatic heterocycles. The molecule has 82 valence electrons. The van der Waals surface area contributed by atoms with Gasteiger partial charge in [-0.3, -0.25) is 4.21 Å². The summed E-state index contributed by atoms with van der Waals surface area (Å²) in [7, 11) is -1.03. The van der Waals surface area contributed by atoms with Crippen molar-refractivity contribution in [3.05, 3.63) is 0 Å². The van der Waals surface area contributed by atoms with Gasteiger partial charge in [0.1, 0.15) is 0 Å². The van der Waals surface area contributed by atoms with Crippen molar-refractivity contribution in [2.24, 2.45) is 5.92 Å². The maximum Gasteiger partial charge on any atom is 0.405 e. The molecule has 0 fully saturated rings. The van der Waals surface area contributed by atoms with Gasteiger partial charge in [0.05, 0.1) is 6.07 Å². The van der Waals surface area contributed by atoms with Crippen molar-refractivity contribution >= 4 is 10.8 Å². The molecule has 0 spiro atoms. The lowest BCUT2D eigenvalue weighted by Crippen LogP contribution is -2.34. The minimum Gasteiger partial charge on any atom is -0.314 e. The molecule has 0 aliphatic carbocycles. The maximum atomic E-state index is 12.0. The third-order valence-corrected chi connectivity index (χ3v) is 2.24. The van der Waals surface area contributed by atoms with Crippen LogP contribution >= 0.6 is 0 Å². The molecule has 2 atom stereocenters. The second-order valence-electron chi connectivity index (χ2n) is 2.70. The topological polar surface area (TPSA) is 52.9 Å². The lowest BCUT2D eigenvalue weighted by molar-refractivity contribution is -0.157. The lowest BCUT2D eigenvalue weighted by Gasteiger charge is -2.13. The maximum absolute atomic E-state index is 12.0. The fourth-order valence-electron chi connectivity index (χ4n) is 0.697.